The largest absolute Gasteiger partial charge is 5.00 e. The zero-order chi connectivity index (χ0) is 13.5. The van der Waals surface area contributed by atoms with Crippen LogP contribution in [0.15, 0.2) is 0 Å². The summed E-state index contributed by atoms with van der Waals surface area (Å²) in [5, 5.41) is 0. The molecule has 0 atom stereocenters. The van der Waals surface area contributed by atoms with Crippen LogP contribution in [0.1, 0.15) is 0 Å². The predicted molar refractivity (Wildman–Crippen MR) is 50.4 cm³/mol. The van der Waals surface area contributed by atoms with Crippen LogP contribution in [0.2, 0.25) is 0 Å². The van der Waals surface area contributed by atoms with Gasteiger partial charge in [0, 0.05) is 0 Å². The minimum absolute atomic E-state index is 0. The molecule has 15 nitrogen and oxygen atoms in total. The van der Waals surface area contributed by atoms with E-state index in [1.165, 1.54) is 24.6 Å². The van der Waals surface area contributed by atoms with E-state index in [0.29, 0.717) is 0 Å². The molecule has 0 aromatic rings. The zero-order valence-corrected chi connectivity index (χ0v) is 10.4. The molecule has 0 rings (SSSR count). The first-order valence-corrected chi connectivity index (χ1v) is 2.00. The maximum atomic E-state index is 6.75. The van der Waals surface area contributed by atoms with E-state index in [1.807, 2.05) is 0 Å². The molecule has 0 aromatic heterocycles. The van der Waals surface area contributed by atoms with Gasteiger partial charge in [-0.3, -0.25) is 24.6 Å². The van der Waals surface area contributed by atoms with Crippen molar-refractivity contribution in [2.45, 2.75) is 0 Å². The third-order valence-electron chi connectivity index (χ3n) is 0. The molecule has 0 fully saturated rings. The Morgan fingerprint density at radius 3 is 0.312 bits per heavy atom. The van der Waals surface area contributed by atoms with E-state index >= 15 is 0 Å². The van der Waals surface area contributed by atoms with E-state index in [2.05, 4.69) is 0 Å². The summed E-state index contributed by atoms with van der Waals surface area (Å²) in [6.45, 7) is 0. The number of hydrogen-bond donors (Lipinski definition) is 0. The van der Waals surface area contributed by atoms with Crippen LogP contribution in [0.5, 0.6) is 0 Å². The first-order chi connectivity index (χ1) is 7.07. The molecule has 0 saturated carbocycles. The van der Waals surface area contributed by atoms with Crippen LogP contribution in [0.25, 0.3) is 79.9 Å². The quantitative estimate of drug-likeness (QED) is 0.316. The standard InChI is InChI=1S/5N3.Ta/c5*1-3-2;/q5*-1;+5. The summed E-state index contributed by atoms with van der Waals surface area (Å²) in [4.78, 5) is 7.50. The minimum atomic E-state index is 0. The monoisotopic (exact) mass is 391 g/mol. The van der Waals surface area contributed by atoms with E-state index in [9.17, 15) is 0 Å². The summed E-state index contributed by atoms with van der Waals surface area (Å²) >= 11 is 0. The summed E-state index contributed by atoms with van der Waals surface area (Å²) in [5.74, 6) is 0. The second-order valence-electron chi connectivity index (χ2n) is 0.447. The molecule has 0 aliphatic carbocycles. The number of nitrogens with zero attached hydrogens (tertiary/aromatic N) is 15. The molecule has 0 bridgehead atoms. The van der Waals surface area contributed by atoms with E-state index < -0.39 is 0 Å². The first kappa shape index (κ1) is 37.8. The molecule has 80 valence electrons. The van der Waals surface area contributed by atoms with Crippen molar-refractivity contribution < 1.29 is 22.4 Å². The molecular weight excluding hydrogens is 391 g/mol. The third kappa shape index (κ3) is 163. The van der Waals surface area contributed by atoms with Gasteiger partial charge in [0.1, 0.15) is 0 Å². The van der Waals surface area contributed by atoms with Crippen molar-refractivity contribution in [3.63, 3.8) is 0 Å². The maximum Gasteiger partial charge on any atom is 5.00 e. The van der Waals surface area contributed by atoms with Gasteiger partial charge in [0.2, 0.25) is 0 Å². The van der Waals surface area contributed by atoms with Gasteiger partial charge < -0.3 is 55.3 Å². The van der Waals surface area contributed by atoms with Gasteiger partial charge in [-0.05, 0) is 0 Å². The fourth-order valence-electron chi connectivity index (χ4n) is 0. The minimum Gasteiger partial charge on any atom is -0.373 e. The molecule has 0 heterocycles. The van der Waals surface area contributed by atoms with Crippen LogP contribution < -0.4 is 0 Å². The van der Waals surface area contributed by atoms with E-state index in [-0.39, 0.29) is 22.4 Å². The molecule has 0 saturated heterocycles. The Labute approximate surface area is 103 Å². The van der Waals surface area contributed by atoms with Crippen LogP contribution in [-0.4, -0.2) is 0 Å². The van der Waals surface area contributed by atoms with Crippen molar-refractivity contribution in [2.24, 2.45) is 0 Å². The van der Waals surface area contributed by atoms with Crippen LogP contribution in [0, 0.1) is 0 Å². The molecule has 0 unspecified atom stereocenters. The molecule has 0 aliphatic heterocycles. The molecule has 0 radical (unpaired) electrons. The Morgan fingerprint density at radius 1 is 0.312 bits per heavy atom. The van der Waals surface area contributed by atoms with Crippen molar-refractivity contribution >= 4 is 0 Å². The smallest absolute Gasteiger partial charge is 0.373 e. The van der Waals surface area contributed by atoms with E-state index in [1.54, 1.807) is 0 Å². The molecule has 0 spiro atoms. The Morgan fingerprint density at radius 2 is 0.312 bits per heavy atom. The van der Waals surface area contributed by atoms with E-state index in [0.717, 1.165) is 0 Å². The van der Waals surface area contributed by atoms with Crippen LogP contribution in [0.3, 0.4) is 0 Å². The first-order valence-electron chi connectivity index (χ1n) is 2.00. The van der Waals surface area contributed by atoms with Gasteiger partial charge in [-0.15, -0.1) is 0 Å². The van der Waals surface area contributed by atoms with Crippen LogP contribution >= 0.6 is 0 Å². The Hall–Kier alpha value is -2.71. The second-order valence-corrected chi connectivity index (χ2v) is 0.447. The average molecular weight is 391 g/mol. The molecule has 0 aliphatic rings. The number of hydrogen-bond acceptors (Lipinski definition) is 0. The Kier molecular flexibility index (Phi) is 705. The fraction of sp³-hybridized carbons (Fsp3) is 0. The fourth-order valence-corrected chi connectivity index (χ4v) is 0. The van der Waals surface area contributed by atoms with Gasteiger partial charge in [0.15, 0.2) is 0 Å². The van der Waals surface area contributed by atoms with Crippen LogP contribution in [0.4, 0.5) is 0 Å². The molecule has 0 aromatic carbocycles. The van der Waals surface area contributed by atoms with Crippen molar-refractivity contribution in [2.75, 3.05) is 0 Å². The summed E-state index contributed by atoms with van der Waals surface area (Å²) in [7, 11) is 0. The molecule has 0 N–H and O–H groups in total. The Balaban J connectivity index is -0.0000000192. The summed E-state index contributed by atoms with van der Waals surface area (Å²) in [6, 6.07) is 0. The summed E-state index contributed by atoms with van der Waals surface area (Å²) < 4.78 is 0. The topological polar surface area (TPSA) is 294 Å². The van der Waals surface area contributed by atoms with Crippen molar-refractivity contribution in [3.05, 3.63) is 79.9 Å². The van der Waals surface area contributed by atoms with Gasteiger partial charge in [0.05, 0.1) is 0 Å². The molecule has 16 heteroatoms. The molecule has 16 heavy (non-hydrogen) atoms. The maximum absolute atomic E-state index is 6.75. The average Bonchev–Trinajstić information content (AvgIpc) is 2.09. The van der Waals surface area contributed by atoms with Gasteiger partial charge in [-0.2, -0.15) is 0 Å². The number of rotatable bonds is 0. The molecule has 0 amide bonds. The summed E-state index contributed by atoms with van der Waals surface area (Å²) in [6.07, 6.45) is 0. The summed E-state index contributed by atoms with van der Waals surface area (Å²) in [5.41, 5.74) is 67.5. The van der Waals surface area contributed by atoms with Gasteiger partial charge in [-0.25, -0.2) is 0 Å². The predicted octanol–water partition coefficient (Wildman–Crippen LogP) is 4.33. The van der Waals surface area contributed by atoms with Crippen molar-refractivity contribution in [3.8, 4) is 0 Å². The van der Waals surface area contributed by atoms with Gasteiger partial charge in [-0.1, -0.05) is 0 Å². The zero-order valence-electron chi connectivity index (χ0n) is 7.16. The Bertz CT molecular complexity index is 180. The third-order valence-corrected chi connectivity index (χ3v) is 0. The normalized spacial score (nSPS) is 2.50. The van der Waals surface area contributed by atoms with Crippen LogP contribution in [-0.2, 0) is 22.4 Å². The van der Waals surface area contributed by atoms with E-state index in [4.69, 9.17) is 55.3 Å². The SMILES string of the molecule is [N-]=[N+]=[N-].[N-]=[N+]=[N-].[N-]=[N+]=[N-].[N-]=[N+]=[N-].[N-]=[N+]=[N-].[Ta+5]. The van der Waals surface area contributed by atoms with Gasteiger partial charge in [0.25, 0.3) is 0 Å². The van der Waals surface area contributed by atoms with Crippen molar-refractivity contribution in [1.82, 2.24) is 0 Å². The van der Waals surface area contributed by atoms with Gasteiger partial charge >= 0.3 is 22.4 Å². The second kappa shape index (κ2) is 299. The van der Waals surface area contributed by atoms with Crippen molar-refractivity contribution in [1.29, 1.82) is 0 Å². The molecular formula is N15Ta.